The Kier molecular flexibility index (Phi) is 11.0. The topological polar surface area (TPSA) is 87.7 Å². The number of methoxy groups -OCH3 is 1. The van der Waals surface area contributed by atoms with Gasteiger partial charge in [0.25, 0.3) is 0 Å². The van der Waals surface area contributed by atoms with E-state index in [1.807, 2.05) is 0 Å². The molecule has 112 valence electrons. The van der Waals surface area contributed by atoms with Crippen LogP contribution in [0.2, 0.25) is 0 Å². The smallest absolute Gasteiger partial charge is 0.326 e. The highest BCUT2D eigenvalue weighted by Gasteiger charge is 2.18. The molecule has 0 spiro atoms. The Morgan fingerprint density at radius 3 is 2.53 bits per heavy atom. The lowest BCUT2D eigenvalue weighted by atomic mass is 10.1. The molecule has 0 fully saturated rings. The van der Waals surface area contributed by atoms with Crippen molar-refractivity contribution >= 4 is 12.0 Å². The van der Waals surface area contributed by atoms with Gasteiger partial charge in [-0.3, -0.25) is 0 Å². The lowest BCUT2D eigenvalue weighted by molar-refractivity contribution is -0.139. The van der Waals surface area contributed by atoms with Crippen LogP contribution in [0, 0.1) is 0 Å². The zero-order valence-corrected chi connectivity index (χ0v) is 11.9. The summed E-state index contributed by atoms with van der Waals surface area (Å²) in [7, 11) is 1.56. The van der Waals surface area contributed by atoms with Gasteiger partial charge in [0, 0.05) is 20.3 Å². The summed E-state index contributed by atoms with van der Waals surface area (Å²) in [5.74, 6) is -1.02. The number of unbranched alkanes of at least 4 members (excludes halogenated alkanes) is 3. The van der Waals surface area contributed by atoms with E-state index in [0.717, 1.165) is 25.7 Å². The summed E-state index contributed by atoms with van der Waals surface area (Å²) >= 11 is 0. The van der Waals surface area contributed by atoms with Crippen molar-refractivity contribution in [3.8, 4) is 0 Å². The molecule has 0 rings (SSSR count). The zero-order valence-electron chi connectivity index (χ0n) is 11.9. The largest absolute Gasteiger partial charge is 0.480 e. The Morgan fingerprint density at radius 2 is 1.95 bits per heavy atom. The number of carbonyl (C=O) groups excluding carboxylic acids is 1. The van der Waals surface area contributed by atoms with Crippen LogP contribution >= 0.6 is 0 Å². The molecule has 0 bridgehead atoms. The second-order valence-corrected chi connectivity index (χ2v) is 4.49. The van der Waals surface area contributed by atoms with E-state index in [1.165, 1.54) is 0 Å². The summed E-state index contributed by atoms with van der Waals surface area (Å²) in [5, 5.41) is 14.1. The zero-order chi connectivity index (χ0) is 14.5. The second-order valence-electron chi connectivity index (χ2n) is 4.49. The van der Waals surface area contributed by atoms with Crippen molar-refractivity contribution in [2.24, 2.45) is 0 Å². The van der Waals surface area contributed by atoms with Gasteiger partial charge in [0.05, 0.1) is 0 Å². The van der Waals surface area contributed by atoms with Crippen LogP contribution in [0.25, 0.3) is 0 Å². The SMILES string of the molecule is CCCCCCNC(=O)NC(CCCOC)C(=O)O. The monoisotopic (exact) mass is 274 g/mol. The normalized spacial score (nSPS) is 11.9. The number of hydrogen-bond acceptors (Lipinski definition) is 3. The van der Waals surface area contributed by atoms with Gasteiger partial charge in [0.2, 0.25) is 0 Å². The minimum Gasteiger partial charge on any atom is -0.480 e. The van der Waals surface area contributed by atoms with E-state index in [0.29, 0.717) is 26.0 Å². The van der Waals surface area contributed by atoms with Crippen LogP contribution in [-0.2, 0) is 9.53 Å². The molecular weight excluding hydrogens is 248 g/mol. The molecule has 0 aliphatic rings. The summed E-state index contributed by atoms with van der Waals surface area (Å²) in [4.78, 5) is 22.5. The third kappa shape index (κ3) is 10.3. The molecule has 1 atom stereocenters. The van der Waals surface area contributed by atoms with Gasteiger partial charge in [-0.25, -0.2) is 9.59 Å². The Balaban J connectivity index is 3.80. The van der Waals surface area contributed by atoms with Crippen molar-refractivity contribution in [1.29, 1.82) is 0 Å². The fourth-order valence-electron chi connectivity index (χ4n) is 1.65. The summed E-state index contributed by atoms with van der Waals surface area (Å²) in [5.41, 5.74) is 0. The number of nitrogens with one attached hydrogen (secondary N) is 2. The van der Waals surface area contributed by atoms with Crippen LogP contribution in [0.1, 0.15) is 45.4 Å². The first kappa shape index (κ1) is 17.7. The first-order chi connectivity index (χ1) is 9.11. The van der Waals surface area contributed by atoms with E-state index in [4.69, 9.17) is 9.84 Å². The molecular formula is C13H26N2O4. The van der Waals surface area contributed by atoms with Crippen molar-refractivity contribution in [3.05, 3.63) is 0 Å². The van der Waals surface area contributed by atoms with Crippen molar-refractivity contribution in [3.63, 3.8) is 0 Å². The van der Waals surface area contributed by atoms with Gasteiger partial charge >= 0.3 is 12.0 Å². The van der Waals surface area contributed by atoms with E-state index in [1.54, 1.807) is 7.11 Å². The minimum atomic E-state index is -1.02. The van der Waals surface area contributed by atoms with Gasteiger partial charge in [0.1, 0.15) is 6.04 Å². The van der Waals surface area contributed by atoms with Crippen LogP contribution in [0.3, 0.4) is 0 Å². The average Bonchev–Trinajstić information content (AvgIpc) is 2.37. The maximum absolute atomic E-state index is 11.5. The molecule has 0 aromatic carbocycles. The molecule has 6 nitrogen and oxygen atoms in total. The fraction of sp³-hybridized carbons (Fsp3) is 0.846. The molecule has 2 amide bonds. The predicted octanol–water partition coefficient (Wildman–Crippen LogP) is 1.75. The maximum Gasteiger partial charge on any atom is 0.326 e. The number of carboxylic acids is 1. The molecule has 0 saturated carbocycles. The van der Waals surface area contributed by atoms with Crippen LogP contribution in [0.5, 0.6) is 0 Å². The molecule has 6 heteroatoms. The van der Waals surface area contributed by atoms with Gasteiger partial charge < -0.3 is 20.5 Å². The first-order valence-corrected chi connectivity index (χ1v) is 6.88. The molecule has 0 radical (unpaired) electrons. The number of carboxylic acid groups (broad SMARTS) is 1. The first-order valence-electron chi connectivity index (χ1n) is 6.88. The lowest BCUT2D eigenvalue weighted by Crippen LogP contribution is -2.46. The number of carbonyl (C=O) groups is 2. The standard InChI is InChI=1S/C13H26N2O4/c1-3-4-5-6-9-14-13(18)15-11(12(16)17)8-7-10-19-2/h11H,3-10H2,1-2H3,(H,16,17)(H2,14,15,18). The highest BCUT2D eigenvalue weighted by Crippen LogP contribution is 1.99. The average molecular weight is 274 g/mol. The van der Waals surface area contributed by atoms with Crippen molar-refractivity contribution < 1.29 is 19.4 Å². The molecule has 0 aliphatic carbocycles. The van der Waals surface area contributed by atoms with E-state index >= 15 is 0 Å². The Labute approximate surface area is 114 Å². The maximum atomic E-state index is 11.5. The van der Waals surface area contributed by atoms with Gasteiger partial charge in [-0.1, -0.05) is 26.2 Å². The van der Waals surface area contributed by atoms with E-state index in [2.05, 4.69) is 17.6 Å². The van der Waals surface area contributed by atoms with E-state index in [9.17, 15) is 9.59 Å². The Hall–Kier alpha value is -1.30. The van der Waals surface area contributed by atoms with E-state index < -0.39 is 18.0 Å². The summed E-state index contributed by atoms with van der Waals surface area (Å²) < 4.78 is 4.86. The molecule has 0 heterocycles. The second kappa shape index (κ2) is 11.8. The van der Waals surface area contributed by atoms with Crippen molar-refractivity contribution in [1.82, 2.24) is 10.6 Å². The summed E-state index contributed by atoms with van der Waals surface area (Å²) in [6.07, 6.45) is 5.26. The van der Waals surface area contributed by atoms with Crippen LogP contribution < -0.4 is 10.6 Å². The third-order valence-electron chi connectivity index (χ3n) is 2.76. The number of rotatable bonds is 11. The Morgan fingerprint density at radius 1 is 1.21 bits per heavy atom. The molecule has 3 N–H and O–H groups in total. The summed E-state index contributed by atoms with van der Waals surface area (Å²) in [6.45, 7) is 3.19. The number of urea groups is 1. The van der Waals surface area contributed by atoms with E-state index in [-0.39, 0.29) is 0 Å². The highest BCUT2D eigenvalue weighted by molar-refractivity contribution is 5.82. The Bertz CT molecular complexity index is 259. The molecule has 0 aliphatic heterocycles. The van der Waals surface area contributed by atoms with Gasteiger partial charge in [0.15, 0.2) is 0 Å². The van der Waals surface area contributed by atoms with Gasteiger partial charge in [-0.05, 0) is 19.3 Å². The van der Waals surface area contributed by atoms with Crippen molar-refractivity contribution in [2.45, 2.75) is 51.5 Å². The highest BCUT2D eigenvalue weighted by atomic mass is 16.5. The molecule has 0 aromatic rings. The van der Waals surface area contributed by atoms with Gasteiger partial charge in [-0.2, -0.15) is 0 Å². The summed E-state index contributed by atoms with van der Waals surface area (Å²) in [6, 6.07) is -1.27. The quantitative estimate of drug-likeness (QED) is 0.501. The number of amides is 2. The number of ether oxygens (including phenoxy) is 1. The third-order valence-corrected chi connectivity index (χ3v) is 2.76. The van der Waals surface area contributed by atoms with Crippen LogP contribution in [0.15, 0.2) is 0 Å². The fourth-order valence-corrected chi connectivity index (χ4v) is 1.65. The number of hydrogen-bond donors (Lipinski definition) is 3. The molecule has 0 aromatic heterocycles. The van der Waals surface area contributed by atoms with Gasteiger partial charge in [-0.15, -0.1) is 0 Å². The number of aliphatic carboxylic acids is 1. The molecule has 0 saturated heterocycles. The molecule has 1 unspecified atom stereocenters. The minimum absolute atomic E-state index is 0.367. The van der Waals surface area contributed by atoms with Crippen LogP contribution in [-0.4, -0.2) is 43.4 Å². The lowest BCUT2D eigenvalue weighted by Gasteiger charge is -2.14. The van der Waals surface area contributed by atoms with Crippen molar-refractivity contribution in [2.75, 3.05) is 20.3 Å². The molecule has 19 heavy (non-hydrogen) atoms. The van der Waals surface area contributed by atoms with Crippen LogP contribution in [0.4, 0.5) is 4.79 Å². The predicted molar refractivity (Wildman–Crippen MR) is 73.2 cm³/mol.